The van der Waals surface area contributed by atoms with Crippen LogP contribution in [0.2, 0.25) is 5.02 Å². The average molecular weight is 279 g/mol. The van der Waals surface area contributed by atoms with Gasteiger partial charge in [-0.2, -0.15) is 5.26 Å². The highest BCUT2D eigenvalue weighted by Crippen LogP contribution is 2.11. The maximum absolute atomic E-state index is 11.6. The Morgan fingerprint density at radius 3 is 2.68 bits per heavy atom. The smallest absolute Gasteiger partial charge is 0.338 e. The Morgan fingerprint density at radius 2 is 2.16 bits per heavy atom. The predicted octanol–water partition coefficient (Wildman–Crippen LogP) is 1.82. The minimum Gasteiger partial charge on any atom is -0.454 e. The Labute approximate surface area is 115 Å². The van der Waals surface area contributed by atoms with Gasteiger partial charge >= 0.3 is 5.97 Å². The number of hydrogen-bond acceptors (Lipinski definition) is 5. The van der Waals surface area contributed by atoms with Crippen LogP contribution >= 0.6 is 11.6 Å². The van der Waals surface area contributed by atoms with Crippen molar-refractivity contribution in [2.45, 2.75) is 6.92 Å². The van der Waals surface area contributed by atoms with E-state index in [9.17, 15) is 9.59 Å². The summed E-state index contributed by atoms with van der Waals surface area (Å²) in [6, 6.07) is 7.79. The van der Waals surface area contributed by atoms with Crippen molar-refractivity contribution >= 4 is 23.4 Å². The van der Waals surface area contributed by atoms with Crippen LogP contribution < -0.4 is 5.73 Å². The lowest BCUT2D eigenvalue weighted by molar-refractivity contribution is -0.118. The molecule has 98 valence electrons. The van der Waals surface area contributed by atoms with E-state index in [4.69, 9.17) is 27.3 Å². The van der Waals surface area contributed by atoms with Crippen LogP contribution in [0.3, 0.4) is 0 Å². The summed E-state index contributed by atoms with van der Waals surface area (Å²) in [6.07, 6.45) is 0. The lowest BCUT2D eigenvalue weighted by atomic mass is 10.1. The van der Waals surface area contributed by atoms with Crippen LogP contribution in [0.4, 0.5) is 0 Å². The first kappa shape index (κ1) is 14.7. The molecule has 1 aromatic carbocycles. The molecule has 0 unspecified atom stereocenters. The molecule has 6 heteroatoms. The number of nitriles is 1. The van der Waals surface area contributed by atoms with E-state index in [-0.39, 0.29) is 16.8 Å². The largest absolute Gasteiger partial charge is 0.454 e. The summed E-state index contributed by atoms with van der Waals surface area (Å²) in [7, 11) is 0. The van der Waals surface area contributed by atoms with E-state index in [0.29, 0.717) is 5.02 Å². The summed E-state index contributed by atoms with van der Waals surface area (Å²) >= 11 is 5.72. The van der Waals surface area contributed by atoms with Gasteiger partial charge in [0, 0.05) is 10.7 Å². The third kappa shape index (κ3) is 4.12. The number of nitrogens with two attached hydrogens (primary N) is 1. The highest BCUT2D eigenvalue weighted by Gasteiger charge is 2.15. The molecule has 0 radical (unpaired) electrons. The highest BCUT2D eigenvalue weighted by molar-refractivity contribution is 6.30. The second-order valence-corrected chi connectivity index (χ2v) is 4.12. The van der Waals surface area contributed by atoms with Gasteiger partial charge in [-0.05, 0) is 25.1 Å². The van der Waals surface area contributed by atoms with Crippen LogP contribution in [0, 0.1) is 11.3 Å². The zero-order valence-corrected chi connectivity index (χ0v) is 10.9. The van der Waals surface area contributed by atoms with Crippen LogP contribution in [0.15, 0.2) is 35.5 Å². The summed E-state index contributed by atoms with van der Waals surface area (Å²) < 4.78 is 4.79. The molecular weight excluding hydrogens is 268 g/mol. The fourth-order valence-corrected chi connectivity index (χ4v) is 1.46. The standard InChI is InChI=1S/C13H11ClN2O3/c1-8(16)11(6-15)12(17)7-19-13(18)9-3-2-4-10(14)5-9/h2-5H,7,16H2,1H3. The van der Waals surface area contributed by atoms with E-state index in [2.05, 4.69) is 0 Å². The summed E-state index contributed by atoms with van der Waals surface area (Å²) in [5.74, 6) is -1.33. The van der Waals surface area contributed by atoms with E-state index in [0.717, 1.165) is 0 Å². The van der Waals surface area contributed by atoms with Crippen molar-refractivity contribution < 1.29 is 14.3 Å². The highest BCUT2D eigenvalue weighted by atomic mass is 35.5. The van der Waals surface area contributed by atoms with Crippen molar-refractivity contribution in [2.75, 3.05) is 6.61 Å². The molecule has 0 aliphatic heterocycles. The molecule has 5 nitrogen and oxygen atoms in total. The zero-order chi connectivity index (χ0) is 14.4. The first-order valence-corrected chi connectivity index (χ1v) is 5.66. The maximum Gasteiger partial charge on any atom is 0.338 e. The van der Waals surface area contributed by atoms with Gasteiger partial charge in [0.2, 0.25) is 5.78 Å². The van der Waals surface area contributed by atoms with Crippen molar-refractivity contribution in [1.29, 1.82) is 5.26 Å². The molecule has 1 aromatic rings. The van der Waals surface area contributed by atoms with E-state index in [1.807, 2.05) is 0 Å². The van der Waals surface area contributed by atoms with Crippen molar-refractivity contribution in [3.63, 3.8) is 0 Å². The average Bonchev–Trinajstić information content (AvgIpc) is 2.36. The molecular formula is C13H11ClN2O3. The second kappa shape index (κ2) is 6.57. The number of hydrogen-bond donors (Lipinski definition) is 1. The molecule has 0 fully saturated rings. The van der Waals surface area contributed by atoms with Crippen LogP contribution in [0.1, 0.15) is 17.3 Å². The summed E-state index contributed by atoms with van der Waals surface area (Å²) in [5, 5.41) is 9.10. The summed E-state index contributed by atoms with van der Waals surface area (Å²) in [5.41, 5.74) is 5.47. The molecule has 0 amide bonds. The lowest BCUT2D eigenvalue weighted by Gasteiger charge is -2.04. The Kier molecular flexibility index (Phi) is 5.10. The number of allylic oxidation sites excluding steroid dienone is 1. The SMILES string of the molecule is CC(N)=C(C#N)C(=O)COC(=O)c1cccc(Cl)c1. The first-order chi connectivity index (χ1) is 8.95. The number of carbonyl (C=O) groups excluding carboxylic acids is 2. The van der Waals surface area contributed by atoms with Crippen molar-refractivity contribution in [2.24, 2.45) is 5.73 Å². The van der Waals surface area contributed by atoms with Gasteiger partial charge in [-0.15, -0.1) is 0 Å². The van der Waals surface area contributed by atoms with Crippen LogP contribution in [-0.2, 0) is 9.53 Å². The molecule has 0 saturated carbocycles. The van der Waals surface area contributed by atoms with E-state index in [1.165, 1.54) is 19.1 Å². The van der Waals surface area contributed by atoms with Gasteiger partial charge in [-0.25, -0.2) is 4.79 Å². The number of benzene rings is 1. The number of ether oxygens (including phenoxy) is 1. The monoisotopic (exact) mass is 278 g/mol. The summed E-state index contributed by atoms with van der Waals surface area (Å²) in [4.78, 5) is 23.2. The summed E-state index contributed by atoms with van der Waals surface area (Å²) in [6.45, 7) is 0.887. The topological polar surface area (TPSA) is 93.2 Å². The molecule has 0 atom stereocenters. The second-order valence-electron chi connectivity index (χ2n) is 3.68. The van der Waals surface area contributed by atoms with Gasteiger partial charge in [0.1, 0.15) is 11.6 Å². The molecule has 0 aliphatic carbocycles. The van der Waals surface area contributed by atoms with Gasteiger partial charge in [-0.3, -0.25) is 4.79 Å². The van der Waals surface area contributed by atoms with E-state index in [1.54, 1.807) is 18.2 Å². The molecule has 0 bridgehead atoms. The molecule has 0 saturated heterocycles. The van der Waals surface area contributed by atoms with Gasteiger partial charge in [-0.1, -0.05) is 17.7 Å². The molecule has 1 rings (SSSR count). The van der Waals surface area contributed by atoms with Crippen molar-refractivity contribution in [3.8, 4) is 6.07 Å². The van der Waals surface area contributed by atoms with Gasteiger partial charge in [0.05, 0.1) is 5.56 Å². The number of halogens is 1. The zero-order valence-electron chi connectivity index (χ0n) is 10.1. The van der Waals surface area contributed by atoms with E-state index >= 15 is 0 Å². The molecule has 0 spiro atoms. The van der Waals surface area contributed by atoms with Crippen LogP contribution in [0.25, 0.3) is 0 Å². The Bertz CT molecular complexity index is 584. The number of ketones is 1. The van der Waals surface area contributed by atoms with Gasteiger partial charge in [0.15, 0.2) is 6.61 Å². The quantitative estimate of drug-likeness (QED) is 0.515. The van der Waals surface area contributed by atoms with Crippen molar-refractivity contribution in [1.82, 2.24) is 0 Å². The molecule has 0 aromatic heterocycles. The Balaban J connectivity index is 2.69. The number of Topliss-reactive ketones (excluding diaryl/α,β-unsaturated/α-hetero) is 1. The molecule has 0 aliphatic rings. The predicted molar refractivity (Wildman–Crippen MR) is 69.2 cm³/mol. The first-order valence-electron chi connectivity index (χ1n) is 5.28. The molecule has 19 heavy (non-hydrogen) atoms. The minimum atomic E-state index is -0.692. The normalized spacial score (nSPS) is 11.2. The molecule has 0 heterocycles. The number of rotatable bonds is 4. The van der Waals surface area contributed by atoms with Crippen LogP contribution in [-0.4, -0.2) is 18.4 Å². The number of esters is 1. The molecule has 2 N–H and O–H groups in total. The van der Waals surface area contributed by atoms with Crippen molar-refractivity contribution in [3.05, 3.63) is 46.1 Å². The maximum atomic E-state index is 11.6. The lowest BCUT2D eigenvalue weighted by Crippen LogP contribution is -2.17. The van der Waals surface area contributed by atoms with Crippen LogP contribution in [0.5, 0.6) is 0 Å². The Morgan fingerprint density at radius 1 is 1.47 bits per heavy atom. The third-order valence-corrected chi connectivity index (χ3v) is 2.41. The van der Waals surface area contributed by atoms with Gasteiger partial charge < -0.3 is 10.5 Å². The number of carbonyl (C=O) groups is 2. The fourth-order valence-electron chi connectivity index (χ4n) is 1.27. The third-order valence-electron chi connectivity index (χ3n) is 2.18. The Hall–Kier alpha value is -2.32. The minimum absolute atomic E-state index is 0.0892. The fraction of sp³-hybridized carbons (Fsp3) is 0.154. The van der Waals surface area contributed by atoms with Gasteiger partial charge in [0.25, 0.3) is 0 Å². The number of nitrogens with zero attached hydrogens (tertiary/aromatic N) is 1. The van der Waals surface area contributed by atoms with E-state index < -0.39 is 18.4 Å².